The van der Waals surface area contributed by atoms with Crippen LogP contribution in [0.1, 0.15) is 26.2 Å². The van der Waals surface area contributed by atoms with Gasteiger partial charge in [0, 0.05) is 6.54 Å². The van der Waals surface area contributed by atoms with Crippen LogP contribution in [0.5, 0.6) is 0 Å². The molecule has 1 aliphatic carbocycles. The molecule has 21 heavy (non-hydrogen) atoms. The number of hydrazine groups is 1. The van der Waals surface area contributed by atoms with Crippen LogP contribution >= 0.6 is 0 Å². The van der Waals surface area contributed by atoms with Crippen LogP contribution in [0.3, 0.4) is 0 Å². The summed E-state index contributed by atoms with van der Waals surface area (Å²) in [5, 5.41) is 7.27. The van der Waals surface area contributed by atoms with Crippen LogP contribution in [0, 0.1) is 11.8 Å². The fourth-order valence-electron chi connectivity index (χ4n) is 2.67. The Morgan fingerprint density at radius 1 is 1.29 bits per heavy atom. The molecule has 9 nitrogen and oxygen atoms in total. The zero-order valence-electron chi connectivity index (χ0n) is 11.9. The third-order valence-electron chi connectivity index (χ3n) is 3.73. The van der Waals surface area contributed by atoms with Crippen LogP contribution in [0.25, 0.3) is 5.95 Å². The SMILES string of the molecule is CC1CCC(CNc2nc(NN)nc(-n3cncn3)n2)C1. The third kappa shape index (κ3) is 3.24. The summed E-state index contributed by atoms with van der Waals surface area (Å²) in [6.07, 6.45) is 6.74. The van der Waals surface area contributed by atoms with Crippen molar-refractivity contribution in [2.45, 2.75) is 26.2 Å². The Bertz CT molecular complexity index is 582. The summed E-state index contributed by atoms with van der Waals surface area (Å²) in [4.78, 5) is 16.6. The first kappa shape index (κ1) is 13.7. The van der Waals surface area contributed by atoms with Gasteiger partial charge < -0.3 is 5.32 Å². The molecular formula is C12H19N9. The van der Waals surface area contributed by atoms with Crippen molar-refractivity contribution in [2.24, 2.45) is 17.7 Å². The summed E-state index contributed by atoms with van der Waals surface area (Å²) in [6.45, 7) is 3.15. The van der Waals surface area contributed by atoms with Gasteiger partial charge in [-0.1, -0.05) is 13.3 Å². The lowest BCUT2D eigenvalue weighted by molar-refractivity contribution is 0.535. The quantitative estimate of drug-likeness (QED) is 0.540. The Hall–Kier alpha value is -2.29. The molecule has 2 aromatic rings. The number of anilines is 2. The van der Waals surface area contributed by atoms with Crippen LogP contribution in [-0.4, -0.2) is 36.3 Å². The van der Waals surface area contributed by atoms with Crippen LogP contribution in [0.4, 0.5) is 11.9 Å². The van der Waals surface area contributed by atoms with E-state index in [4.69, 9.17) is 5.84 Å². The second kappa shape index (κ2) is 6.00. The summed E-state index contributed by atoms with van der Waals surface area (Å²) in [5.74, 6) is 8.03. The van der Waals surface area contributed by atoms with E-state index in [1.807, 2.05) is 0 Å². The van der Waals surface area contributed by atoms with Crippen LogP contribution in [0.2, 0.25) is 0 Å². The van der Waals surface area contributed by atoms with Crippen molar-refractivity contribution in [3.63, 3.8) is 0 Å². The fraction of sp³-hybridized carbons (Fsp3) is 0.583. The Morgan fingerprint density at radius 2 is 2.14 bits per heavy atom. The van der Waals surface area contributed by atoms with Gasteiger partial charge in [0.25, 0.3) is 5.95 Å². The highest BCUT2D eigenvalue weighted by Crippen LogP contribution is 2.30. The van der Waals surface area contributed by atoms with Gasteiger partial charge in [0.05, 0.1) is 0 Å². The maximum absolute atomic E-state index is 5.40. The Balaban J connectivity index is 1.73. The summed E-state index contributed by atoms with van der Waals surface area (Å²) < 4.78 is 1.46. The predicted octanol–water partition coefficient (Wildman–Crippen LogP) is 0.586. The number of nitrogen functional groups attached to an aromatic ring is 1. The molecule has 0 saturated heterocycles. The number of aromatic nitrogens is 6. The van der Waals surface area contributed by atoms with Crippen molar-refractivity contribution in [1.29, 1.82) is 0 Å². The van der Waals surface area contributed by atoms with Crippen molar-refractivity contribution in [2.75, 3.05) is 17.3 Å². The minimum absolute atomic E-state index is 0.290. The van der Waals surface area contributed by atoms with E-state index in [2.05, 4.69) is 42.7 Å². The molecule has 2 atom stereocenters. The molecule has 9 heteroatoms. The fourth-order valence-corrected chi connectivity index (χ4v) is 2.67. The average Bonchev–Trinajstić information content (AvgIpc) is 3.16. The maximum Gasteiger partial charge on any atom is 0.258 e. The molecule has 0 radical (unpaired) electrons. The molecule has 1 aliphatic rings. The molecule has 3 rings (SSSR count). The van der Waals surface area contributed by atoms with Gasteiger partial charge in [-0.25, -0.2) is 10.8 Å². The van der Waals surface area contributed by atoms with Crippen molar-refractivity contribution >= 4 is 11.9 Å². The Labute approximate surface area is 122 Å². The molecule has 0 bridgehead atoms. The number of hydrogen-bond acceptors (Lipinski definition) is 8. The first-order chi connectivity index (χ1) is 10.2. The van der Waals surface area contributed by atoms with E-state index in [-0.39, 0.29) is 5.95 Å². The predicted molar refractivity (Wildman–Crippen MR) is 77.5 cm³/mol. The van der Waals surface area contributed by atoms with Gasteiger partial charge in [0.15, 0.2) is 0 Å². The van der Waals surface area contributed by atoms with Gasteiger partial charge in [0.2, 0.25) is 11.9 Å². The summed E-state index contributed by atoms with van der Waals surface area (Å²) in [5.41, 5.74) is 2.44. The lowest BCUT2D eigenvalue weighted by Crippen LogP contribution is -2.18. The number of hydrogen-bond donors (Lipinski definition) is 3. The van der Waals surface area contributed by atoms with Crippen molar-refractivity contribution in [1.82, 2.24) is 29.7 Å². The number of nitrogens with two attached hydrogens (primary N) is 1. The van der Waals surface area contributed by atoms with Crippen molar-refractivity contribution in [3.8, 4) is 5.95 Å². The highest BCUT2D eigenvalue weighted by molar-refractivity contribution is 5.36. The highest BCUT2D eigenvalue weighted by atomic mass is 15.4. The van der Waals surface area contributed by atoms with Crippen molar-refractivity contribution < 1.29 is 0 Å². The zero-order valence-corrected chi connectivity index (χ0v) is 11.9. The molecule has 4 N–H and O–H groups in total. The molecule has 2 heterocycles. The topological polar surface area (TPSA) is 119 Å². The van der Waals surface area contributed by atoms with Crippen LogP contribution in [-0.2, 0) is 0 Å². The van der Waals surface area contributed by atoms with E-state index in [1.54, 1.807) is 0 Å². The molecule has 1 fully saturated rings. The first-order valence-electron chi connectivity index (χ1n) is 7.06. The zero-order chi connectivity index (χ0) is 14.7. The largest absolute Gasteiger partial charge is 0.354 e. The minimum Gasteiger partial charge on any atom is -0.354 e. The average molecular weight is 289 g/mol. The maximum atomic E-state index is 5.40. The van der Waals surface area contributed by atoms with E-state index in [1.165, 1.54) is 36.6 Å². The van der Waals surface area contributed by atoms with Gasteiger partial charge >= 0.3 is 0 Å². The van der Waals surface area contributed by atoms with Crippen molar-refractivity contribution in [3.05, 3.63) is 12.7 Å². The molecule has 112 valence electrons. The Kier molecular flexibility index (Phi) is 3.91. The number of rotatable bonds is 5. The van der Waals surface area contributed by atoms with Gasteiger partial charge in [-0.15, -0.1) is 0 Å². The lowest BCUT2D eigenvalue weighted by atomic mass is 10.1. The van der Waals surface area contributed by atoms with E-state index < -0.39 is 0 Å². The van der Waals surface area contributed by atoms with E-state index in [0.717, 1.165) is 12.5 Å². The van der Waals surface area contributed by atoms with Crippen LogP contribution in [0.15, 0.2) is 12.7 Å². The van der Waals surface area contributed by atoms with E-state index >= 15 is 0 Å². The monoisotopic (exact) mass is 289 g/mol. The second-order valence-corrected chi connectivity index (χ2v) is 5.43. The van der Waals surface area contributed by atoms with Crippen LogP contribution < -0.4 is 16.6 Å². The normalized spacial score (nSPS) is 21.4. The minimum atomic E-state index is 0.290. The molecule has 1 saturated carbocycles. The molecule has 0 aliphatic heterocycles. The summed E-state index contributed by atoms with van der Waals surface area (Å²) >= 11 is 0. The molecule has 2 unspecified atom stereocenters. The summed E-state index contributed by atoms with van der Waals surface area (Å²) in [6, 6.07) is 0. The molecule has 0 spiro atoms. The second-order valence-electron chi connectivity index (χ2n) is 5.43. The lowest BCUT2D eigenvalue weighted by Gasteiger charge is -2.12. The molecule has 0 amide bonds. The first-order valence-corrected chi connectivity index (χ1v) is 7.06. The number of nitrogens with one attached hydrogen (secondary N) is 2. The van der Waals surface area contributed by atoms with E-state index in [0.29, 0.717) is 17.8 Å². The van der Waals surface area contributed by atoms with Gasteiger partial charge in [-0.3, -0.25) is 5.43 Å². The van der Waals surface area contributed by atoms with Gasteiger partial charge in [-0.2, -0.15) is 24.7 Å². The van der Waals surface area contributed by atoms with E-state index in [9.17, 15) is 0 Å². The van der Waals surface area contributed by atoms with Gasteiger partial charge in [0.1, 0.15) is 12.7 Å². The third-order valence-corrected chi connectivity index (χ3v) is 3.73. The van der Waals surface area contributed by atoms with Gasteiger partial charge in [-0.05, 0) is 24.7 Å². The molecular weight excluding hydrogens is 270 g/mol. The molecule has 0 aromatic carbocycles. The highest BCUT2D eigenvalue weighted by Gasteiger charge is 2.21. The summed E-state index contributed by atoms with van der Waals surface area (Å²) in [7, 11) is 0. The smallest absolute Gasteiger partial charge is 0.258 e. The molecule has 2 aromatic heterocycles. The Morgan fingerprint density at radius 3 is 2.81 bits per heavy atom. The standard InChI is InChI=1S/C12H19N9/c1-8-2-3-9(4-8)5-15-10-17-11(20-13)19-12(18-10)21-7-14-6-16-21/h6-9H,2-5,13H2,1H3,(H2,15,17,18,19,20). The number of nitrogens with zero attached hydrogens (tertiary/aromatic N) is 6.